The number of nitrogens with zero attached hydrogens (tertiary/aromatic N) is 3. The Morgan fingerprint density at radius 3 is 2.74 bits per heavy atom. The summed E-state index contributed by atoms with van der Waals surface area (Å²) in [6.07, 6.45) is 6.50. The number of carbonyl (C=O) groups is 2. The Morgan fingerprint density at radius 2 is 1.96 bits per heavy atom. The molecule has 2 aliphatic rings. The van der Waals surface area contributed by atoms with Gasteiger partial charge >= 0.3 is 0 Å². The Hall–Kier alpha value is -2.37. The van der Waals surface area contributed by atoms with Gasteiger partial charge in [-0.25, -0.2) is 0 Å². The van der Waals surface area contributed by atoms with E-state index in [0.29, 0.717) is 18.0 Å². The second kappa shape index (κ2) is 7.33. The number of H-pyrrole nitrogens is 1. The van der Waals surface area contributed by atoms with E-state index in [1.165, 1.54) is 19.3 Å². The number of aryl methyl sites for hydroxylation is 1. The fraction of sp³-hybridized carbons (Fsp3) is 0.571. The lowest BCUT2D eigenvalue weighted by Crippen LogP contribution is -2.41. The fourth-order valence-corrected chi connectivity index (χ4v) is 4.51. The number of likely N-dealkylation sites (N-methyl/N-ethyl adjacent to an activating group) is 1. The molecule has 0 radical (unpaired) electrons. The molecular weight excluding hydrogens is 340 g/mol. The molecule has 6 heteroatoms. The van der Waals surface area contributed by atoms with Crippen LogP contribution in [-0.2, 0) is 4.79 Å². The molecule has 1 aromatic carbocycles. The molecule has 1 saturated heterocycles. The van der Waals surface area contributed by atoms with Gasteiger partial charge in [-0.15, -0.1) is 0 Å². The Morgan fingerprint density at radius 1 is 1.19 bits per heavy atom. The molecule has 1 atom stereocenters. The van der Waals surface area contributed by atoms with E-state index >= 15 is 0 Å². The largest absolute Gasteiger partial charge is 0.340 e. The second-order valence-electron chi connectivity index (χ2n) is 8.06. The zero-order valence-corrected chi connectivity index (χ0v) is 16.2. The van der Waals surface area contributed by atoms with Crippen molar-refractivity contribution in [3.63, 3.8) is 0 Å². The van der Waals surface area contributed by atoms with E-state index in [9.17, 15) is 9.59 Å². The fourth-order valence-electron chi connectivity index (χ4n) is 4.51. The lowest BCUT2D eigenvalue weighted by molar-refractivity contribution is -0.135. The predicted molar refractivity (Wildman–Crippen MR) is 104 cm³/mol. The van der Waals surface area contributed by atoms with Crippen LogP contribution in [0.15, 0.2) is 18.2 Å². The van der Waals surface area contributed by atoms with Crippen LogP contribution in [0.5, 0.6) is 0 Å². The average molecular weight is 368 g/mol. The Bertz CT molecular complexity index is 853. The SMILES string of the molecule is Cc1[nH]nc2ccc(C(=O)N(C)C3CCN(C(=O)C4CCCCC4)C3)cc12. The summed E-state index contributed by atoms with van der Waals surface area (Å²) in [5.41, 5.74) is 2.51. The molecule has 1 saturated carbocycles. The van der Waals surface area contributed by atoms with E-state index in [4.69, 9.17) is 0 Å². The lowest BCUT2D eigenvalue weighted by Gasteiger charge is -2.28. The van der Waals surface area contributed by atoms with Crippen molar-refractivity contribution in [2.24, 2.45) is 5.92 Å². The molecule has 0 spiro atoms. The maximum Gasteiger partial charge on any atom is 0.253 e. The monoisotopic (exact) mass is 368 g/mol. The van der Waals surface area contributed by atoms with Crippen molar-refractivity contribution in [2.75, 3.05) is 20.1 Å². The zero-order chi connectivity index (χ0) is 19.0. The number of fused-ring (bicyclic) bond motifs is 1. The van der Waals surface area contributed by atoms with Gasteiger partial charge in [0.15, 0.2) is 0 Å². The number of hydrogen-bond donors (Lipinski definition) is 1. The molecule has 2 aromatic rings. The maximum atomic E-state index is 13.0. The van der Waals surface area contributed by atoms with Crippen LogP contribution in [-0.4, -0.2) is 58.0 Å². The Kier molecular flexibility index (Phi) is 4.89. The van der Waals surface area contributed by atoms with Crippen LogP contribution in [0.2, 0.25) is 0 Å². The summed E-state index contributed by atoms with van der Waals surface area (Å²) in [6, 6.07) is 5.72. The number of likely N-dealkylation sites (tertiary alicyclic amines) is 1. The normalized spacial score (nSPS) is 21.0. The molecule has 1 aliphatic carbocycles. The minimum atomic E-state index is 0.00876. The van der Waals surface area contributed by atoms with Gasteiger partial charge in [-0.2, -0.15) is 5.10 Å². The molecule has 4 rings (SSSR count). The van der Waals surface area contributed by atoms with Gasteiger partial charge in [-0.3, -0.25) is 14.7 Å². The van der Waals surface area contributed by atoms with E-state index in [2.05, 4.69) is 10.2 Å². The van der Waals surface area contributed by atoms with E-state index < -0.39 is 0 Å². The molecular formula is C21H28N4O2. The van der Waals surface area contributed by atoms with Gasteiger partial charge in [0.25, 0.3) is 5.91 Å². The highest BCUT2D eigenvalue weighted by Gasteiger charge is 2.34. The van der Waals surface area contributed by atoms with Gasteiger partial charge in [0.1, 0.15) is 0 Å². The summed E-state index contributed by atoms with van der Waals surface area (Å²) in [5, 5.41) is 8.16. The third-order valence-corrected chi connectivity index (χ3v) is 6.29. The number of hydrogen-bond acceptors (Lipinski definition) is 3. The summed E-state index contributed by atoms with van der Waals surface area (Å²) >= 11 is 0. The molecule has 1 N–H and O–H groups in total. The van der Waals surface area contributed by atoms with Crippen molar-refractivity contribution in [3.8, 4) is 0 Å². The molecule has 2 amide bonds. The Balaban J connectivity index is 1.42. The summed E-state index contributed by atoms with van der Waals surface area (Å²) < 4.78 is 0. The van der Waals surface area contributed by atoms with Crippen molar-refractivity contribution < 1.29 is 9.59 Å². The summed E-state index contributed by atoms with van der Waals surface area (Å²) in [4.78, 5) is 29.5. The summed E-state index contributed by atoms with van der Waals surface area (Å²) in [6.45, 7) is 3.38. The first-order chi connectivity index (χ1) is 13.0. The van der Waals surface area contributed by atoms with Gasteiger partial charge in [0, 0.05) is 42.7 Å². The van der Waals surface area contributed by atoms with E-state index in [1.54, 1.807) is 0 Å². The van der Waals surface area contributed by atoms with Crippen LogP contribution in [0, 0.1) is 12.8 Å². The highest BCUT2D eigenvalue weighted by molar-refractivity contribution is 5.98. The molecule has 144 valence electrons. The van der Waals surface area contributed by atoms with Crippen LogP contribution in [0.4, 0.5) is 0 Å². The van der Waals surface area contributed by atoms with E-state index in [-0.39, 0.29) is 17.9 Å². The number of nitrogens with one attached hydrogen (secondary N) is 1. The molecule has 27 heavy (non-hydrogen) atoms. The van der Waals surface area contributed by atoms with Gasteiger partial charge < -0.3 is 9.80 Å². The number of benzene rings is 1. The summed E-state index contributed by atoms with van der Waals surface area (Å²) in [5.74, 6) is 0.507. The molecule has 0 bridgehead atoms. The molecule has 1 aromatic heterocycles. The number of carbonyl (C=O) groups excluding carboxylic acids is 2. The number of rotatable bonds is 3. The zero-order valence-electron chi connectivity index (χ0n) is 16.2. The van der Waals surface area contributed by atoms with Crippen molar-refractivity contribution in [3.05, 3.63) is 29.5 Å². The Labute approximate surface area is 159 Å². The van der Waals surface area contributed by atoms with Crippen LogP contribution in [0.25, 0.3) is 10.9 Å². The third-order valence-electron chi connectivity index (χ3n) is 6.29. The van der Waals surface area contributed by atoms with Crippen molar-refractivity contribution in [1.82, 2.24) is 20.0 Å². The van der Waals surface area contributed by atoms with Crippen LogP contribution >= 0.6 is 0 Å². The molecule has 2 heterocycles. The van der Waals surface area contributed by atoms with E-state index in [1.807, 2.05) is 42.0 Å². The smallest absolute Gasteiger partial charge is 0.253 e. The van der Waals surface area contributed by atoms with Crippen molar-refractivity contribution in [1.29, 1.82) is 0 Å². The summed E-state index contributed by atoms with van der Waals surface area (Å²) in [7, 11) is 1.86. The van der Waals surface area contributed by atoms with Crippen molar-refractivity contribution >= 4 is 22.7 Å². The molecule has 1 unspecified atom stereocenters. The molecule has 2 fully saturated rings. The molecule has 6 nitrogen and oxygen atoms in total. The lowest BCUT2D eigenvalue weighted by atomic mass is 9.88. The molecule has 1 aliphatic heterocycles. The van der Waals surface area contributed by atoms with Crippen molar-refractivity contribution in [2.45, 2.75) is 51.5 Å². The maximum absolute atomic E-state index is 13.0. The number of aromatic amines is 1. The quantitative estimate of drug-likeness (QED) is 0.905. The van der Waals surface area contributed by atoms with Gasteiger partial charge in [0.05, 0.1) is 11.6 Å². The van der Waals surface area contributed by atoms with Gasteiger partial charge in [-0.05, 0) is 44.4 Å². The van der Waals surface area contributed by atoms with Crippen LogP contribution in [0.1, 0.15) is 54.6 Å². The van der Waals surface area contributed by atoms with Gasteiger partial charge in [0.2, 0.25) is 5.91 Å². The number of amides is 2. The first kappa shape index (κ1) is 18.0. The number of aromatic nitrogens is 2. The second-order valence-corrected chi connectivity index (χ2v) is 8.06. The minimum absolute atomic E-state index is 0.00876. The van der Waals surface area contributed by atoms with Crippen LogP contribution < -0.4 is 0 Å². The van der Waals surface area contributed by atoms with E-state index in [0.717, 1.165) is 42.4 Å². The van der Waals surface area contributed by atoms with Crippen LogP contribution in [0.3, 0.4) is 0 Å². The minimum Gasteiger partial charge on any atom is -0.340 e. The standard InChI is InChI=1S/C21H28N4O2/c1-14-18-12-16(8-9-19(18)23-22-14)20(26)24(2)17-10-11-25(13-17)21(27)15-6-4-3-5-7-15/h8-9,12,15,17H,3-7,10-11,13H2,1-2H3,(H,22,23). The third kappa shape index (κ3) is 3.45. The highest BCUT2D eigenvalue weighted by atomic mass is 16.2. The average Bonchev–Trinajstić information content (AvgIpc) is 3.34. The topological polar surface area (TPSA) is 69.3 Å². The first-order valence-electron chi connectivity index (χ1n) is 10.1. The first-order valence-corrected chi connectivity index (χ1v) is 10.1. The van der Waals surface area contributed by atoms with Gasteiger partial charge in [-0.1, -0.05) is 19.3 Å². The predicted octanol–water partition coefficient (Wildman–Crippen LogP) is 3.12. The highest BCUT2D eigenvalue weighted by Crippen LogP contribution is 2.28.